The standard InChI is InChI=1S/C15H20ClN3/c1-11-15(12(2)19(3)18-11)10-17-9-8-13-4-6-14(16)7-5-13/h4-7,17H,8-10H2,1-3H3. The van der Waals surface area contributed by atoms with E-state index in [4.69, 9.17) is 11.6 Å². The molecular formula is C15H20ClN3. The van der Waals surface area contributed by atoms with Crippen LogP contribution in [0.2, 0.25) is 5.02 Å². The number of halogens is 1. The highest BCUT2D eigenvalue weighted by atomic mass is 35.5. The van der Waals surface area contributed by atoms with E-state index in [1.54, 1.807) is 0 Å². The van der Waals surface area contributed by atoms with Crippen molar-refractivity contribution >= 4 is 11.6 Å². The number of nitrogens with zero attached hydrogens (tertiary/aromatic N) is 2. The van der Waals surface area contributed by atoms with E-state index in [-0.39, 0.29) is 0 Å². The molecule has 0 spiro atoms. The van der Waals surface area contributed by atoms with Crippen LogP contribution in [0.25, 0.3) is 0 Å². The van der Waals surface area contributed by atoms with E-state index in [9.17, 15) is 0 Å². The van der Waals surface area contributed by atoms with E-state index in [0.29, 0.717) is 0 Å². The number of benzene rings is 1. The fourth-order valence-electron chi connectivity index (χ4n) is 2.17. The highest BCUT2D eigenvalue weighted by Crippen LogP contribution is 2.12. The fourth-order valence-corrected chi connectivity index (χ4v) is 2.30. The molecule has 2 rings (SSSR count). The summed E-state index contributed by atoms with van der Waals surface area (Å²) >= 11 is 5.87. The van der Waals surface area contributed by atoms with Gasteiger partial charge in [0.25, 0.3) is 0 Å². The summed E-state index contributed by atoms with van der Waals surface area (Å²) in [6.07, 6.45) is 1.01. The predicted molar refractivity (Wildman–Crippen MR) is 79.5 cm³/mol. The number of rotatable bonds is 5. The third-order valence-electron chi connectivity index (χ3n) is 3.46. The van der Waals surface area contributed by atoms with Crippen molar-refractivity contribution in [1.29, 1.82) is 0 Å². The van der Waals surface area contributed by atoms with Crippen LogP contribution in [-0.4, -0.2) is 16.3 Å². The lowest BCUT2D eigenvalue weighted by atomic mass is 10.1. The van der Waals surface area contributed by atoms with Crippen LogP contribution in [0.4, 0.5) is 0 Å². The van der Waals surface area contributed by atoms with Gasteiger partial charge in [-0.25, -0.2) is 0 Å². The molecule has 0 aliphatic carbocycles. The van der Waals surface area contributed by atoms with Crippen molar-refractivity contribution in [3.8, 4) is 0 Å². The third-order valence-corrected chi connectivity index (χ3v) is 3.72. The minimum Gasteiger partial charge on any atom is -0.312 e. The summed E-state index contributed by atoms with van der Waals surface area (Å²) in [6.45, 7) is 5.99. The van der Waals surface area contributed by atoms with Crippen LogP contribution in [0.5, 0.6) is 0 Å². The van der Waals surface area contributed by atoms with Crippen molar-refractivity contribution in [1.82, 2.24) is 15.1 Å². The van der Waals surface area contributed by atoms with E-state index < -0.39 is 0 Å². The first-order valence-electron chi connectivity index (χ1n) is 6.52. The molecule has 0 fully saturated rings. The molecule has 19 heavy (non-hydrogen) atoms. The zero-order chi connectivity index (χ0) is 13.8. The molecule has 1 heterocycles. The minimum atomic E-state index is 0.790. The molecule has 3 nitrogen and oxygen atoms in total. The number of hydrogen-bond acceptors (Lipinski definition) is 2. The number of nitrogens with one attached hydrogen (secondary N) is 1. The summed E-state index contributed by atoms with van der Waals surface area (Å²) in [5.74, 6) is 0. The van der Waals surface area contributed by atoms with Crippen molar-refractivity contribution in [3.63, 3.8) is 0 Å². The van der Waals surface area contributed by atoms with Crippen LogP contribution in [0, 0.1) is 13.8 Å². The first-order chi connectivity index (χ1) is 9.08. The quantitative estimate of drug-likeness (QED) is 0.852. The highest BCUT2D eigenvalue weighted by Gasteiger charge is 2.08. The molecule has 0 saturated carbocycles. The van der Waals surface area contributed by atoms with Crippen molar-refractivity contribution in [2.24, 2.45) is 7.05 Å². The molecule has 4 heteroatoms. The SMILES string of the molecule is Cc1nn(C)c(C)c1CNCCc1ccc(Cl)cc1. The Morgan fingerprint density at radius 2 is 1.89 bits per heavy atom. The van der Waals surface area contributed by atoms with Gasteiger partial charge in [-0.05, 0) is 44.5 Å². The Bertz CT molecular complexity index is 543. The first kappa shape index (κ1) is 14.1. The summed E-state index contributed by atoms with van der Waals surface area (Å²) < 4.78 is 1.94. The Kier molecular flexibility index (Phi) is 4.61. The number of hydrogen-bond donors (Lipinski definition) is 1. The molecule has 0 unspecified atom stereocenters. The van der Waals surface area contributed by atoms with Gasteiger partial charge in [0.05, 0.1) is 5.69 Å². The van der Waals surface area contributed by atoms with Gasteiger partial charge < -0.3 is 5.32 Å². The molecule has 1 aromatic carbocycles. The van der Waals surface area contributed by atoms with Crippen molar-refractivity contribution in [2.75, 3.05) is 6.54 Å². The summed E-state index contributed by atoms with van der Waals surface area (Å²) in [5.41, 5.74) is 4.95. The largest absolute Gasteiger partial charge is 0.312 e. The van der Waals surface area contributed by atoms with Gasteiger partial charge in [-0.3, -0.25) is 4.68 Å². The van der Waals surface area contributed by atoms with Crippen LogP contribution >= 0.6 is 11.6 Å². The monoisotopic (exact) mass is 277 g/mol. The fraction of sp³-hybridized carbons (Fsp3) is 0.400. The number of aryl methyl sites for hydroxylation is 2. The lowest BCUT2D eigenvalue weighted by molar-refractivity contribution is 0.679. The third kappa shape index (κ3) is 3.58. The van der Waals surface area contributed by atoms with Crippen LogP contribution in [-0.2, 0) is 20.0 Å². The molecule has 102 valence electrons. The predicted octanol–water partition coefficient (Wildman–Crippen LogP) is 3.02. The van der Waals surface area contributed by atoms with Gasteiger partial charge in [0, 0.05) is 29.9 Å². The Hall–Kier alpha value is -1.32. The van der Waals surface area contributed by atoms with Gasteiger partial charge >= 0.3 is 0 Å². The lowest BCUT2D eigenvalue weighted by Crippen LogP contribution is -2.17. The summed E-state index contributed by atoms with van der Waals surface area (Å²) in [6, 6.07) is 8.02. The van der Waals surface area contributed by atoms with Gasteiger partial charge in [0.1, 0.15) is 0 Å². The maximum Gasteiger partial charge on any atom is 0.0641 e. The maximum absolute atomic E-state index is 5.87. The lowest BCUT2D eigenvalue weighted by Gasteiger charge is -2.06. The van der Waals surface area contributed by atoms with E-state index in [2.05, 4.69) is 36.4 Å². The summed E-state index contributed by atoms with van der Waals surface area (Å²) in [7, 11) is 1.99. The molecule has 2 aromatic rings. The molecule has 0 aliphatic rings. The van der Waals surface area contributed by atoms with Gasteiger partial charge in [0.15, 0.2) is 0 Å². The zero-order valence-corrected chi connectivity index (χ0v) is 12.5. The van der Waals surface area contributed by atoms with Crippen LogP contribution < -0.4 is 5.32 Å². The van der Waals surface area contributed by atoms with Crippen molar-refractivity contribution in [3.05, 3.63) is 51.8 Å². The van der Waals surface area contributed by atoms with E-state index in [1.165, 1.54) is 16.8 Å². The Balaban J connectivity index is 1.82. The van der Waals surface area contributed by atoms with Crippen LogP contribution in [0.3, 0.4) is 0 Å². The molecular weight excluding hydrogens is 258 g/mol. The molecule has 1 aromatic heterocycles. The molecule has 0 atom stereocenters. The average molecular weight is 278 g/mol. The van der Waals surface area contributed by atoms with Gasteiger partial charge in [-0.2, -0.15) is 5.10 Å². The van der Waals surface area contributed by atoms with Gasteiger partial charge in [0.2, 0.25) is 0 Å². The molecule has 0 radical (unpaired) electrons. The van der Waals surface area contributed by atoms with E-state index in [1.807, 2.05) is 23.9 Å². The molecule has 0 saturated heterocycles. The second-order valence-electron chi connectivity index (χ2n) is 4.83. The molecule has 0 aliphatic heterocycles. The molecule has 0 amide bonds. The molecule has 1 N–H and O–H groups in total. The second kappa shape index (κ2) is 6.22. The topological polar surface area (TPSA) is 29.9 Å². The Labute approximate surface area is 119 Å². The second-order valence-corrected chi connectivity index (χ2v) is 5.26. The zero-order valence-electron chi connectivity index (χ0n) is 11.7. The number of aromatic nitrogens is 2. The van der Waals surface area contributed by atoms with Crippen molar-refractivity contribution < 1.29 is 0 Å². The van der Waals surface area contributed by atoms with Crippen molar-refractivity contribution in [2.45, 2.75) is 26.8 Å². The Morgan fingerprint density at radius 1 is 1.21 bits per heavy atom. The van der Waals surface area contributed by atoms with E-state index >= 15 is 0 Å². The summed E-state index contributed by atoms with van der Waals surface area (Å²) in [5, 5.41) is 8.68. The summed E-state index contributed by atoms with van der Waals surface area (Å²) in [4.78, 5) is 0. The maximum atomic E-state index is 5.87. The minimum absolute atomic E-state index is 0.790. The normalized spacial score (nSPS) is 10.9. The smallest absolute Gasteiger partial charge is 0.0641 e. The average Bonchev–Trinajstić information content (AvgIpc) is 2.62. The highest BCUT2D eigenvalue weighted by molar-refractivity contribution is 6.30. The first-order valence-corrected chi connectivity index (χ1v) is 6.90. The van der Waals surface area contributed by atoms with Gasteiger partial charge in [-0.15, -0.1) is 0 Å². The van der Waals surface area contributed by atoms with Gasteiger partial charge in [-0.1, -0.05) is 23.7 Å². The Morgan fingerprint density at radius 3 is 2.47 bits per heavy atom. The van der Waals surface area contributed by atoms with Crippen LogP contribution in [0.15, 0.2) is 24.3 Å². The molecule has 0 bridgehead atoms. The van der Waals surface area contributed by atoms with Crippen LogP contribution in [0.1, 0.15) is 22.5 Å². The van der Waals surface area contributed by atoms with E-state index in [0.717, 1.165) is 30.2 Å².